The molecule has 0 fully saturated rings. The van der Waals surface area contributed by atoms with Gasteiger partial charge in [0, 0.05) is 56.9 Å². The Morgan fingerprint density at radius 3 is 2.33 bits per heavy atom. The van der Waals surface area contributed by atoms with Crippen molar-refractivity contribution in [2.24, 2.45) is 0 Å². The summed E-state index contributed by atoms with van der Waals surface area (Å²) in [5, 5.41) is 2.07. The van der Waals surface area contributed by atoms with Gasteiger partial charge in [0.25, 0.3) is 0 Å². The highest BCUT2D eigenvalue weighted by molar-refractivity contribution is 6.35. The molecular weight excluding hydrogens is 456 g/mol. The number of hydrogen-bond donors (Lipinski definition) is 0. The van der Waals surface area contributed by atoms with Crippen LogP contribution < -0.4 is 0 Å². The zero-order chi connectivity index (χ0) is 23.3. The van der Waals surface area contributed by atoms with Crippen molar-refractivity contribution in [2.75, 3.05) is 0 Å². The fourth-order valence-corrected chi connectivity index (χ4v) is 4.93. The number of nitrogens with zero attached hydrogens (tertiary/aromatic N) is 3. The smallest absolute Gasteiger partial charge is 0.136 e. The van der Waals surface area contributed by atoms with E-state index in [1.807, 2.05) is 43.6 Å². The van der Waals surface area contributed by atoms with Gasteiger partial charge in [-0.05, 0) is 80.4 Å². The van der Waals surface area contributed by atoms with Crippen molar-refractivity contribution in [1.82, 2.24) is 14.1 Å². The number of rotatable bonds is 4. The highest BCUT2D eigenvalue weighted by atomic mass is 35.5. The van der Waals surface area contributed by atoms with E-state index in [1.165, 1.54) is 0 Å². The highest BCUT2D eigenvalue weighted by Gasteiger charge is 2.16. The Labute approximate surface area is 202 Å². The van der Waals surface area contributed by atoms with Crippen molar-refractivity contribution in [3.63, 3.8) is 0 Å². The number of benzene rings is 2. The van der Waals surface area contributed by atoms with Crippen molar-refractivity contribution < 1.29 is 4.39 Å². The van der Waals surface area contributed by atoms with E-state index >= 15 is 0 Å². The van der Waals surface area contributed by atoms with Gasteiger partial charge in [0.2, 0.25) is 0 Å². The first-order valence-corrected chi connectivity index (χ1v) is 11.4. The fourth-order valence-electron chi connectivity index (χ4n) is 4.46. The summed E-state index contributed by atoms with van der Waals surface area (Å²) < 4.78 is 18.9. The van der Waals surface area contributed by atoms with Gasteiger partial charge in [0.05, 0.1) is 5.52 Å². The minimum atomic E-state index is -0.274. The average molecular weight is 478 g/mol. The SMILES string of the molecule is Cc1cn(Cc2ccc(Cl)cc2Cl)c2c(-c3ccc(-n4c(C)ccc4C)nc3)cc(F)cc12. The summed E-state index contributed by atoms with van der Waals surface area (Å²) in [5.41, 5.74) is 6.77. The van der Waals surface area contributed by atoms with E-state index in [0.29, 0.717) is 16.6 Å². The lowest BCUT2D eigenvalue weighted by Gasteiger charge is -2.13. The Morgan fingerprint density at radius 1 is 0.909 bits per heavy atom. The van der Waals surface area contributed by atoms with E-state index in [4.69, 9.17) is 28.2 Å². The summed E-state index contributed by atoms with van der Waals surface area (Å²) in [6.07, 6.45) is 3.84. The van der Waals surface area contributed by atoms with E-state index in [9.17, 15) is 4.39 Å². The lowest BCUT2D eigenvalue weighted by Crippen LogP contribution is -2.02. The predicted octanol–water partition coefficient (Wildman–Crippen LogP) is 7.91. The van der Waals surface area contributed by atoms with Crippen molar-refractivity contribution in [3.8, 4) is 16.9 Å². The molecule has 0 amide bonds. The van der Waals surface area contributed by atoms with Gasteiger partial charge >= 0.3 is 0 Å². The van der Waals surface area contributed by atoms with Crippen LogP contribution in [-0.4, -0.2) is 14.1 Å². The molecule has 0 spiro atoms. The Bertz CT molecular complexity index is 1480. The third kappa shape index (κ3) is 3.94. The standard InChI is InChI=1S/C27H22Cl2FN3/c1-16-14-32(15-20-6-8-21(28)10-25(20)29)27-23(16)11-22(30)12-24(27)19-7-9-26(31-13-19)33-17(2)4-5-18(33)3/h4-14H,15H2,1-3H3. The molecule has 0 aliphatic carbocycles. The largest absolute Gasteiger partial charge is 0.342 e. The number of fused-ring (bicyclic) bond motifs is 1. The summed E-state index contributed by atoms with van der Waals surface area (Å²) in [5.74, 6) is 0.565. The quantitative estimate of drug-likeness (QED) is 0.257. The molecule has 0 bridgehead atoms. The third-order valence-corrected chi connectivity index (χ3v) is 6.64. The highest BCUT2D eigenvalue weighted by Crippen LogP contribution is 2.34. The van der Waals surface area contributed by atoms with Crippen molar-refractivity contribution >= 4 is 34.1 Å². The van der Waals surface area contributed by atoms with Crippen LogP contribution in [0, 0.1) is 26.6 Å². The number of aromatic nitrogens is 3. The molecule has 0 radical (unpaired) electrons. The second-order valence-electron chi connectivity index (χ2n) is 8.38. The van der Waals surface area contributed by atoms with Gasteiger partial charge in [-0.15, -0.1) is 0 Å². The first-order chi connectivity index (χ1) is 15.8. The molecule has 0 saturated carbocycles. The first kappa shape index (κ1) is 21.7. The number of aryl methyl sites for hydroxylation is 3. The van der Waals surface area contributed by atoms with Crippen LogP contribution in [0.25, 0.3) is 27.8 Å². The Morgan fingerprint density at radius 2 is 1.67 bits per heavy atom. The average Bonchev–Trinajstić information content (AvgIpc) is 3.28. The van der Waals surface area contributed by atoms with Gasteiger partial charge in [-0.2, -0.15) is 0 Å². The molecule has 0 aliphatic rings. The molecule has 0 unspecified atom stereocenters. The molecule has 0 saturated heterocycles. The first-order valence-electron chi connectivity index (χ1n) is 10.7. The fraction of sp³-hybridized carbons (Fsp3) is 0.148. The molecule has 33 heavy (non-hydrogen) atoms. The summed E-state index contributed by atoms with van der Waals surface area (Å²) in [4.78, 5) is 4.70. The van der Waals surface area contributed by atoms with E-state index in [-0.39, 0.29) is 5.82 Å². The van der Waals surface area contributed by atoms with Crippen LogP contribution in [0.4, 0.5) is 4.39 Å². The van der Waals surface area contributed by atoms with Crippen LogP contribution in [0.15, 0.2) is 67.0 Å². The normalized spacial score (nSPS) is 11.5. The molecule has 6 heteroatoms. The van der Waals surface area contributed by atoms with Crippen LogP contribution in [0.1, 0.15) is 22.5 Å². The zero-order valence-corrected chi connectivity index (χ0v) is 20.0. The van der Waals surface area contributed by atoms with Gasteiger partial charge in [0.1, 0.15) is 11.6 Å². The minimum absolute atomic E-state index is 0.274. The third-order valence-electron chi connectivity index (χ3n) is 6.05. The number of halogens is 3. The number of hydrogen-bond acceptors (Lipinski definition) is 1. The van der Waals surface area contributed by atoms with Gasteiger partial charge in [0.15, 0.2) is 0 Å². The van der Waals surface area contributed by atoms with Gasteiger partial charge in [-0.1, -0.05) is 29.3 Å². The van der Waals surface area contributed by atoms with Gasteiger partial charge in [-0.3, -0.25) is 0 Å². The summed E-state index contributed by atoms with van der Waals surface area (Å²) in [7, 11) is 0. The molecular formula is C27H22Cl2FN3. The Hall–Kier alpha value is -3.08. The second-order valence-corrected chi connectivity index (χ2v) is 9.23. The lowest BCUT2D eigenvalue weighted by molar-refractivity contribution is 0.630. The molecule has 2 aromatic carbocycles. The molecule has 0 atom stereocenters. The van der Waals surface area contributed by atoms with Gasteiger partial charge in [-0.25, -0.2) is 9.37 Å². The maximum atomic E-state index is 14.6. The minimum Gasteiger partial charge on any atom is -0.342 e. The van der Waals surface area contributed by atoms with Crippen LogP contribution in [0.3, 0.4) is 0 Å². The molecule has 3 aromatic heterocycles. The molecule has 5 rings (SSSR count). The summed E-state index contributed by atoms with van der Waals surface area (Å²) in [6.45, 7) is 6.64. The van der Waals surface area contributed by atoms with Gasteiger partial charge < -0.3 is 9.13 Å². The van der Waals surface area contributed by atoms with Crippen LogP contribution in [0.2, 0.25) is 10.0 Å². The topological polar surface area (TPSA) is 22.8 Å². The predicted molar refractivity (Wildman–Crippen MR) is 134 cm³/mol. The zero-order valence-electron chi connectivity index (χ0n) is 18.5. The molecule has 0 aliphatic heterocycles. The van der Waals surface area contributed by atoms with Crippen molar-refractivity contribution in [3.05, 3.63) is 105 Å². The van der Waals surface area contributed by atoms with Crippen LogP contribution in [0.5, 0.6) is 0 Å². The maximum absolute atomic E-state index is 14.6. The van der Waals surface area contributed by atoms with Crippen molar-refractivity contribution in [2.45, 2.75) is 27.3 Å². The molecule has 3 heterocycles. The lowest BCUT2D eigenvalue weighted by atomic mass is 10.0. The Kier molecular flexibility index (Phi) is 5.51. The molecule has 0 N–H and O–H groups in total. The van der Waals surface area contributed by atoms with E-state index in [0.717, 1.165) is 50.4 Å². The van der Waals surface area contributed by atoms with E-state index < -0.39 is 0 Å². The Balaban J connectivity index is 1.64. The summed E-state index contributed by atoms with van der Waals surface area (Å²) >= 11 is 12.5. The monoisotopic (exact) mass is 477 g/mol. The van der Waals surface area contributed by atoms with E-state index in [1.54, 1.807) is 18.2 Å². The maximum Gasteiger partial charge on any atom is 0.136 e. The van der Waals surface area contributed by atoms with E-state index in [2.05, 4.69) is 35.1 Å². The summed E-state index contributed by atoms with van der Waals surface area (Å²) in [6, 6.07) is 16.8. The molecule has 3 nitrogen and oxygen atoms in total. The molecule has 5 aromatic rings. The van der Waals surface area contributed by atoms with Crippen molar-refractivity contribution in [1.29, 1.82) is 0 Å². The second kappa shape index (κ2) is 8.36. The number of pyridine rings is 1. The van der Waals surface area contributed by atoms with Crippen LogP contribution in [-0.2, 0) is 6.54 Å². The molecule has 166 valence electrons. The van der Waals surface area contributed by atoms with Crippen LogP contribution >= 0.6 is 23.2 Å².